The molecule has 100 valence electrons. The van der Waals surface area contributed by atoms with E-state index in [2.05, 4.69) is 41.5 Å². The summed E-state index contributed by atoms with van der Waals surface area (Å²) in [5, 5.41) is 12.7. The lowest BCUT2D eigenvalue weighted by Gasteiger charge is -2.12. The predicted molar refractivity (Wildman–Crippen MR) is 78.2 cm³/mol. The summed E-state index contributed by atoms with van der Waals surface area (Å²) in [4.78, 5) is 6.96. The Kier molecular flexibility index (Phi) is 3.64. The van der Waals surface area contributed by atoms with Crippen molar-refractivity contribution in [3.05, 3.63) is 40.9 Å². The third-order valence-corrected chi connectivity index (χ3v) is 4.42. The zero-order valence-electron chi connectivity index (χ0n) is 11.0. The minimum Gasteiger partial charge on any atom is -0.392 e. The lowest BCUT2D eigenvalue weighted by molar-refractivity contribution is 0.174. The van der Waals surface area contributed by atoms with Crippen LogP contribution in [0.25, 0.3) is 10.6 Å². The molecule has 1 atom stereocenters. The summed E-state index contributed by atoms with van der Waals surface area (Å²) >= 11 is 1.69. The molecule has 1 aromatic carbocycles. The number of aliphatic hydroxyl groups is 1. The van der Waals surface area contributed by atoms with Crippen LogP contribution >= 0.6 is 11.3 Å². The maximum absolute atomic E-state index is 9.53. The van der Waals surface area contributed by atoms with Crippen molar-refractivity contribution in [1.82, 2.24) is 9.88 Å². The quantitative estimate of drug-likeness (QED) is 0.935. The summed E-state index contributed by atoms with van der Waals surface area (Å²) in [6, 6.07) is 8.48. The topological polar surface area (TPSA) is 36.4 Å². The van der Waals surface area contributed by atoms with E-state index >= 15 is 0 Å². The summed E-state index contributed by atoms with van der Waals surface area (Å²) in [6.07, 6.45) is 0.727. The minimum absolute atomic E-state index is 0.157. The van der Waals surface area contributed by atoms with Crippen LogP contribution in [-0.4, -0.2) is 34.2 Å². The number of rotatable bonds is 3. The highest BCUT2D eigenvalue weighted by atomic mass is 32.1. The molecule has 0 aliphatic carbocycles. The fourth-order valence-electron chi connectivity index (χ4n) is 2.39. The third-order valence-electron chi connectivity index (χ3n) is 3.48. The van der Waals surface area contributed by atoms with Gasteiger partial charge in [-0.2, -0.15) is 0 Å². The SMILES string of the molecule is Cc1ccc(-c2nc(CN3CC[C@@H](O)C3)cs2)cc1. The van der Waals surface area contributed by atoms with Crippen LogP contribution in [0.3, 0.4) is 0 Å². The van der Waals surface area contributed by atoms with Crippen molar-refractivity contribution in [3.63, 3.8) is 0 Å². The largest absolute Gasteiger partial charge is 0.392 e. The molecule has 0 amide bonds. The smallest absolute Gasteiger partial charge is 0.123 e. The molecular weight excluding hydrogens is 256 g/mol. The van der Waals surface area contributed by atoms with Crippen LogP contribution in [0, 0.1) is 6.92 Å². The second kappa shape index (κ2) is 5.41. The normalized spacial score (nSPS) is 20.0. The maximum atomic E-state index is 9.53. The second-order valence-electron chi connectivity index (χ2n) is 5.19. The number of hydrogen-bond acceptors (Lipinski definition) is 4. The number of aryl methyl sites for hydroxylation is 1. The molecule has 0 radical (unpaired) electrons. The molecule has 0 unspecified atom stereocenters. The lowest BCUT2D eigenvalue weighted by atomic mass is 10.2. The summed E-state index contributed by atoms with van der Waals surface area (Å²) < 4.78 is 0. The highest BCUT2D eigenvalue weighted by Gasteiger charge is 2.20. The molecule has 2 aromatic rings. The van der Waals surface area contributed by atoms with Crippen LogP contribution < -0.4 is 0 Å². The van der Waals surface area contributed by atoms with Gasteiger partial charge in [0.25, 0.3) is 0 Å². The van der Waals surface area contributed by atoms with Gasteiger partial charge in [0.1, 0.15) is 5.01 Å². The average molecular weight is 274 g/mol. The Balaban J connectivity index is 1.71. The first-order valence-electron chi connectivity index (χ1n) is 6.62. The van der Waals surface area contributed by atoms with Gasteiger partial charge in [-0.05, 0) is 13.3 Å². The van der Waals surface area contributed by atoms with Crippen molar-refractivity contribution >= 4 is 11.3 Å². The molecule has 0 saturated carbocycles. The Morgan fingerprint density at radius 1 is 1.37 bits per heavy atom. The number of β-amino-alcohol motifs (C(OH)–C–C–N with tert-alkyl or cyclic N) is 1. The summed E-state index contributed by atoms with van der Waals surface area (Å²) in [5.41, 5.74) is 3.56. The monoisotopic (exact) mass is 274 g/mol. The zero-order chi connectivity index (χ0) is 13.2. The van der Waals surface area contributed by atoms with E-state index in [1.807, 2.05) is 0 Å². The highest BCUT2D eigenvalue weighted by Crippen LogP contribution is 2.25. The average Bonchev–Trinajstić information content (AvgIpc) is 3.00. The Hall–Kier alpha value is -1.23. The molecule has 0 spiro atoms. The van der Waals surface area contributed by atoms with Gasteiger partial charge >= 0.3 is 0 Å². The lowest BCUT2D eigenvalue weighted by Crippen LogP contribution is -2.21. The van der Waals surface area contributed by atoms with Gasteiger partial charge in [-0.25, -0.2) is 4.98 Å². The van der Waals surface area contributed by atoms with Crippen molar-refractivity contribution < 1.29 is 5.11 Å². The Morgan fingerprint density at radius 3 is 2.84 bits per heavy atom. The van der Waals surface area contributed by atoms with Gasteiger partial charge in [0.05, 0.1) is 11.8 Å². The summed E-state index contributed by atoms with van der Waals surface area (Å²) in [6.45, 7) is 4.69. The molecular formula is C15H18N2OS. The van der Waals surface area contributed by atoms with Crippen LogP contribution in [0.1, 0.15) is 17.7 Å². The van der Waals surface area contributed by atoms with Gasteiger partial charge < -0.3 is 5.11 Å². The standard InChI is InChI=1S/C15H18N2OS/c1-11-2-4-12(5-3-11)15-16-13(10-19-15)8-17-7-6-14(18)9-17/h2-5,10,14,18H,6-9H2,1H3/t14-/m1/s1. The van der Waals surface area contributed by atoms with E-state index in [4.69, 9.17) is 4.98 Å². The van der Waals surface area contributed by atoms with E-state index < -0.39 is 0 Å². The van der Waals surface area contributed by atoms with E-state index in [0.29, 0.717) is 0 Å². The van der Waals surface area contributed by atoms with Crippen molar-refractivity contribution in [1.29, 1.82) is 0 Å². The van der Waals surface area contributed by atoms with Gasteiger partial charge in [0.15, 0.2) is 0 Å². The maximum Gasteiger partial charge on any atom is 0.123 e. The molecule has 19 heavy (non-hydrogen) atoms. The molecule has 0 bridgehead atoms. The Bertz CT molecular complexity index is 550. The number of hydrogen-bond donors (Lipinski definition) is 1. The second-order valence-corrected chi connectivity index (χ2v) is 6.05. The molecule has 1 fully saturated rings. The molecule has 1 aliphatic heterocycles. The van der Waals surface area contributed by atoms with Gasteiger partial charge in [-0.1, -0.05) is 29.8 Å². The number of thiazole rings is 1. The van der Waals surface area contributed by atoms with E-state index in [9.17, 15) is 5.11 Å². The van der Waals surface area contributed by atoms with Crippen LogP contribution in [0.4, 0.5) is 0 Å². The summed E-state index contributed by atoms with van der Waals surface area (Å²) in [5.74, 6) is 0. The summed E-state index contributed by atoms with van der Waals surface area (Å²) in [7, 11) is 0. The van der Waals surface area contributed by atoms with Crippen LogP contribution in [0.2, 0.25) is 0 Å². The van der Waals surface area contributed by atoms with Gasteiger partial charge in [0.2, 0.25) is 0 Å². The highest BCUT2D eigenvalue weighted by molar-refractivity contribution is 7.13. The van der Waals surface area contributed by atoms with Crippen molar-refractivity contribution in [2.24, 2.45) is 0 Å². The Labute approximate surface area is 117 Å². The first-order valence-corrected chi connectivity index (χ1v) is 7.50. The Morgan fingerprint density at radius 2 is 2.16 bits per heavy atom. The van der Waals surface area contributed by atoms with Crippen molar-refractivity contribution in [2.75, 3.05) is 13.1 Å². The van der Waals surface area contributed by atoms with Gasteiger partial charge in [-0.3, -0.25) is 4.90 Å². The zero-order valence-corrected chi connectivity index (χ0v) is 11.9. The van der Waals surface area contributed by atoms with Crippen LogP contribution in [0.15, 0.2) is 29.6 Å². The first kappa shape index (κ1) is 12.8. The molecule has 1 saturated heterocycles. The minimum atomic E-state index is -0.157. The van der Waals surface area contributed by atoms with Crippen molar-refractivity contribution in [2.45, 2.75) is 26.0 Å². The fraction of sp³-hybridized carbons (Fsp3) is 0.400. The van der Waals surface area contributed by atoms with Crippen LogP contribution in [-0.2, 0) is 6.54 Å². The third kappa shape index (κ3) is 3.03. The van der Waals surface area contributed by atoms with E-state index in [1.54, 1.807) is 11.3 Å². The molecule has 3 nitrogen and oxygen atoms in total. The molecule has 3 rings (SSSR count). The van der Waals surface area contributed by atoms with Gasteiger partial charge in [-0.15, -0.1) is 11.3 Å². The van der Waals surface area contributed by atoms with Crippen molar-refractivity contribution in [3.8, 4) is 10.6 Å². The number of nitrogens with zero attached hydrogens (tertiary/aromatic N) is 2. The van der Waals surface area contributed by atoms with E-state index in [0.717, 1.165) is 36.8 Å². The molecule has 1 aromatic heterocycles. The molecule has 4 heteroatoms. The van der Waals surface area contributed by atoms with Crippen LogP contribution in [0.5, 0.6) is 0 Å². The molecule has 1 aliphatic rings. The van der Waals surface area contributed by atoms with E-state index in [-0.39, 0.29) is 6.10 Å². The first-order chi connectivity index (χ1) is 9.20. The predicted octanol–water partition coefficient (Wildman–Crippen LogP) is 2.69. The number of aromatic nitrogens is 1. The van der Waals surface area contributed by atoms with Gasteiger partial charge in [0, 0.05) is 30.6 Å². The molecule has 1 N–H and O–H groups in total. The number of likely N-dealkylation sites (tertiary alicyclic amines) is 1. The number of benzene rings is 1. The molecule has 2 heterocycles. The number of aliphatic hydroxyl groups excluding tert-OH is 1. The fourth-order valence-corrected chi connectivity index (χ4v) is 3.21. The van der Waals surface area contributed by atoms with E-state index in [1.165, 1.54) is 11.1 Å².